The van der Waals surface area contributed by atoms with Gasteiger partial charge in [-0.1, -0.05) is 6.92 Å². The van der Waals surface area contributed by atoms with Crippen molar-refractivity contribution < 1.29 is 0 Å². The second-order valence-electron chi connectivity index (χ2n) is 4.00. The van der Waals surface area contributed by atoms with Crippen LogP contribution in [0.5, 0.6) is 0 Å². The molecule has 2 rings (SSSR count). The maximum Gasteiger partial charge on any atom is 0.224 e. The van der Waals surface area contributed by atoms with E-state index in [1.165, 1.54) is 5.56 Å². The topological polar surface area (TPSA) is 67.7 Å². The summed E-state index contributed by atoms with van der Waals surface area (Å²) in [5, 5.41) is 10.6. The van der Waals surface area contributed by atoms with Gasteiger partial charge in [-0.3, -0.25) is 4.68 Å². The van der Waals surface area contributed by atoms with E-state index in [-0.39, 0.29) is 0 Å². The molecule has 0 fully saturated rings. The first-order valence-corrected chi connectivity index (χ1v) is 5.99. The number of aromatic nitrogens is 4. The molecule has 6 nitrogen and oxygen atoms in total. The highest BCUT2D eigenvalue weighted by molar-refractivity contribution is 5.40. The Balaban J connectivity index is 2.06. The zero-order valence-electron chi connectivity index (χ0n) is 10.9. The van der Waals surface area contributed by atoms with Gasteiger partial charge in [-0.15, -0.1) is 0 Å². The van der Waals surface area contributed by atoms with Crippen LogP contribution in [0.25, 0.3) is 0 Å². The number of aryl methyl sites for hydroxylation is 2. The summed E-state index contributed by atoms with van der Waals surface area (Å²) in [4.78, 5) is 8.38. The fourth-order valence-corrected chi connectivity index (χ4v) is 1.79. The molecule has 0 saturated carbocycles. The molecule has 18 heavy (non-hydrogen) atoms. The van der Waals surface area contributed by atoms with E-state index < -0.39 is 0 Å². The minimum Gasteiger partial charge on any atom is -0.366 e. The molecular formula is C12H18N6. The van der Waals surface area contributed by atoms with Crippen LogP contribution in [0.3, 0.4) is 0 Å². The molecule has 0 aliphatic carbocycles. The lowest BCUT2D eigenvalue weighted by molar-refractivity contribution is 0.746. The first-order valence-electron chi connectivity index (χ1n) is 5.99. The minimum atomic E-state index is 0.613. The number of nitrogens with one attached hydrogen (secondary N) is 2. The summed E-state index contributed by atoms with van der Waals surface area (Å²) in [6.45, 7) is 2.83. The fourth-order valence-electron chi connectivity index (χ4n) is 1.79. The molecule has 2 aromatic rings. The quantitative estimate of drug-likeness (QED) is 0.835. The molecule has 0 unspecified atom stereocenters. The van der Waals surface area contributed by atoms with Crippen LogP contribution in [0.2, 0.25) is 0 Å². The lowest BCUT2D eigenvalue weighted by Crippen LogP contribution is -2.04. The summed E-state index contributed by atoms with van der Waals surface area (Å²) < 4.78 is 1.84. The van der Waals surface area contributed by atoms with Gasteiger partial charge in [0, 0.05) is 38.6 Å². The van der Waals surface area contributed by atoms with E-state index in [4.69, 9.17) is 0 Å². The highest BCUT2D eigenvalue weighted by Crippen LogP contribution is 2.11. The Morgan fingerprint density at radius 3 is 2.94 bits per heavy atom. The first-order chi connectivity index (χ1) is 8.72. The number of nitrogens with zero attached hydrogens (tertiary/aromatic N) is 4. The lowest BCUT2D eigenvalue weighted by Gasteiger charge is -2.06. The second kappa shape index (κ2) is 5.48. The van der Waals surface area contributed by atoms with Gasteiger partial charge in [0.15, 0.2) is 0 Å². The largest absolute Gasteiger partial charge is 0.366 e. The number of rotatable bonds is 5. The normalized spacial score (nSPS) is 10.4. The number of hydrogen-bond donors (Lipinski definition) is 2. The Hall–Kier alpha value is -2.11. The van der Waals surface area contributed by atoms with Gasteiger partial charge in [-0.05, 0) is 12.5 Å². The minimum absolute atomic E-state index is 0.613. The summed E-state index contributed by atoms with van der Waals surface area (Å²) in [5.41, 5.74) is 2.32. The summed E-state index contributed by atoms with van der Waals surface area (Å²) in [7, 11) is 3.74. The molecule has 2 N–H and O–H groups in total. The van der Waals surface area contributed by atoms with Crippen LogP contribution in [0, 0.1) is 0 Å². The lowest BCUT2D eigenvalue weighted by atomic mass is 10.2. The maximum absolute atomic E-state index is 4.41. The van der Waals surface area contributed by atoms with Gasteiger partial charge in [0.1, 0.15) is 5.82 Å². The molecule has 0 spiro atoms. The van der Waals surface area contributed by atoms with Gasteiger partial charge in [0.2, 0.25) is 5.95 Å². The molecule has 0 aromatic carbocycles. The standard InChI is InChI=1S/C12H18N6/c1-4-10-9(8-18(3)17-10)7-15-11-5-6-14-12(13-2)16-11/h5-6,8H,4,7H2,1-3H3,(H2,13,14,15,16). The van der Waals surface area contributed by atoms with Crippen LogP contribution in [0.1, 0.15) is 18.2 Å². The number of hydrogen-bond acceptors (Lipinski definition) is 5. The number of anilines is 2. The molecule has 0 atom stereocenters. The molecule has 0 radical (unpaired) electrons. The van der Waals surface area contributed by atoms with Crippen molar-refractivity contribution in [2.75, 3.05) is 17.7 Å². The molecule has 0 aliphatic rings. The van der Waals surface area contributed by atoms with Crippen LogP contribution < -0.4 is 10.6 Å². The van der Waals surface area contributed by atoms with Crippen molar-refractivity contribution in [1.29, 1.82) is 0 Å². The van der Waals surface area contributed by atoms with Crippen LogP contribution in [0.15, 0.2) is 18.5 Å². The van der Waals surface area contributed by atoms with Gasteiger partial charge >= 0.3 is 0 Å². The van der Waals surface area contributed by atoms with Crippen LogP contribution >= 0.6 is 0 Å². The van der Waals surface area contributed by atoms with E-state index in [1.54, 1.807) is 13.2 Å². The molecule has 0 bridgehead atoms. The molecule has 2 heterocycles. The van der Waals surface area contributed by atoms with E-state index >= 15 is 0 Å². The predicted molar refractivity (Wildman–Crippen MR) is 71.5 cm³/mol. The van der Waals surface area contributed by atoms with Crippen molar-refractivity contribution in [2.24, 2.45) is 7.05 Å². The van der Waals surface area contributed by atoms with Crippen molar-refractivity contribution in [3.8, 4) is 0 Å². The molecule has 96 valence electrons. The van der Waals surface area contributed by atoms with E-state index in [0.29, 0.717) is 5.95 Å². The van der Waals surface area contributed by atoms with Gasteiger partial charge in [0.05, 0.1) is 5.69 Å². The van der Waals surface area contributed by atoms with Crippen LogP contribution in [0.4, 0.5) is 11.8 Å². The Morgan fingerprint density at radius 2 is 2.22 bits per heavy atom. The van der Waals surface area contributed by atoms with Crippen molar-refractivity contribution in [2.45, 2.75) is 19.9 Å². The van der Waals surface area contributed by atoms with Crippen molar-refractivity contribution >= 4 is 11.8 Å². The first kappa shape index (κ1) is 12.3. The zero-order chi connectivity index (χ0) is 13.0. The van der Waals surface area contributed by atoms with Gasteiger partial charge < -0.3 is 10.6 Å². The van der Waals surface area contributed by atoms with Crippen molar-refractivity contribution in [3.05, 3.63) is 29.7 Å². The third-order valence-corrected chi connectivity index (χ3v) is 2.67. The third-order valence-electron chi connectivity index (χ3n) is 2.67. The van der Waals surface area contributed by atoms with Crippen LogP contribution in [-0.2, 0) is 20.0 Å². The summed E-state index contributed by atoms with van der Waals surface area (Å²) in [6.07, 6.45) is 4.69. The highest BCUT2D eigenvalue weighted by atomic mass is 15.3. The van der Waals surface area contributed by atoms with Gasteiger partial charge in [-0.25, -0.2) is 4.98 Å². The second-order valence-corrected chi connectivity index (χ2v) is 4.00. The summed E-state index contributed by atoms with van der Waals surface area (Å²) in [6, 6.07) is 1.85. The zero-order valence-corrected chi connectivity index (χ0v) is 10.9. The Kier molecular flexibility index (Phi) is 3.76. The third kappa shape index (κ3) is 2.77. The van der Waals surface area contributed by atoms with Gasteiger partial charge in [0.25, 0.3) is 0 Å². The highest BCUT2D eigenvalue weighted by Gasteiger charge is 2.05. The molecule has 2 aromatic heterocycles. The Morgan fingerprint density at radius 1 is 1.39 bits per heavy atom. The Bertz CT molecular complexity index is 519. The molecule has 0 amide bonds. The maximum atomic E-state index is 4.41. The van der Waals surface area contributed by atoms with Crippen LogP contribution in [-0.4, -0.2) is 26.8 Å². The smallest absolute Gasteiger partial charge is 0.224 e. The van der Waals surface area contributed by atoms with E-state index in [1.807, 2.05) is 24.0 Å². The monoisotopic (exact) mass is 246 g/mol. The molecule has 0 saturated heterocycles. The molecule has 0 aliphatic heterocycles. The SMILES string of the molecule is CCc1nn(C)cc1CNc1ccnc(NC)n1. The van der Waals surface area contributed by atoms with E-state index in [9.17, 15) is 0 Å². The average molecular weight is 246 g/mol. The molecular weight excluding hydrogens is 228 g/mol. The van der Waals surface area contributed by atoms with E-state index in [0.717, 1.165) is 24.5 Å². The molecule has 6 heteroatoms. The average Bonchev–Trinajstić information content (AvgIpc) is 2.77. The predicted octanol–water partition coefficient (Wildman–Crippen LogP) is 1.43. The Labute approximate surface area is 106 Å². The summed E-state index contributed by atoms with van der Waals surface area (Å²) in [5.74, 6) is 1.42. The van der Waals surface area contributed by atoms with E-state index in [2.05, 4.69) is 32.6 Å². The van der Waals surface area contributed by atoms with Gasteiger partial charge in [-0.2, -0.15) is 10.1 Å². The van der Waals surface area contributed by atoms with Crippen molar-refractivity contribution in [3.63, 3.8) is 0 Å². The summed E-state index contributed by atoms with van der Waals surface area (Å²) >= 11 is 0. The van der Waals surface area contributed by atoms with Crippen molar-refractivity contribution in [1.82, 2.24) is 19.7 Å². The fraction of sp³-hybridized carbons (Fsp3) is 0.417.